The van der Waals surface area contributed by atoms with Gasteiger partial charge in [-0.2, -0.15) is 23.5 Å². The Bertz CT molecular complexity index is 672. The van der Waals surface area contributed by atoms with Crippen LogP contribution in [0.25, 0.3) is 0 Å². The van der Waals surface area contributed by atoms with Crippen molar-refractivity contribution in [3.05, 3.63) is 18.2 Å². The van der Waals surface area contributed by atoms with E-state index in [1.54, 1.807) is 27.0 Å². The lowest BCUT2D eigenvalue weighted by molar-refractivity contribution is 0.0474. The van der Waals surface area contributed by atoms with E-state index in [4.69, 9.17) is 14.2 Å². The number of hydrogen-bond acceptors (Lipinski definition) is 9. The van der Waals surface area contributed by atoms with E-state index in [9.17, 15) is 9.59 Å². The van der Waals surface area contributed by atoms with Crippen LogP contribution in [0.1, 0.15) is 40.3 Å². The van der Waals surface area contributed by atoms with Gasteiger partial charge in [0.1, 0.15) is 18.5 Å². The fourth-order valence-corrected chi connectivity index (χ4v) is 3.98. The Balaban J connectivity index is 2.28. The molecule has 1 rings (SSSR count). The largest absolute Gasteiger partial charge is 0.446 e. The van der Waals surface area contributed by atoms with Gasteiger partial charge in [0, 0.05) is 43.9 Å². The highest BCUT2D eigenvalue weighted by Crippen LogP contribution is 2.09. The summed E-state index contributed by atoms with van der Waals surface area (Å²) in [6.45, 7) is 13.4. The summed E-state index contributed by atoms with van der Waals surface area (Å²) in [5, 5.41) is 2.60. The highest BCUT2D eigenvalue weighted by Gasteiger charge is 2.15. The van der Waals surface area contributed by atoms with E-state index in [2.05, 4.69) is 29.0 Å². The van der Waals surface area contributed by atoms with Crippen LogP contribution in [0.2, 0.25) is 0 Å². The number of imidazole rings is 1. The van der Waals surface area contributed by atoms with Gasteiger partial charge in [-0.1, -0.05) is 13.8 Å². The zero-order chi connectivity index (χ0) is 24.5. The number of ether oxygens (including phenoxy) is 3. The second kappa shape index (κ2) is 17.1. The molecule has 1 amide bonds. The van der Waals surface area contributed by atoms with Gasteiger partial charge in [0.25, 0.3) is 0 Å². The predicted molar refractivity (Wildman–Crippen MR) is 135 cm³/mol. The molecule has 0 aromatic carbocycles. The first-order valence-corrected chi connectivity index (χ1v) is 13.7. The monoisotopic (exact) mass is 504 g/mol. The van der Waals surface area contributed by atoms with E-state index in [-0.39, 0.29) is 13.2 Å². The fraction of sp³-hybridized carbons (Fsp3) is 0.773. The number of carbonyl (C=O) groups is 2. The van der Waals surface area contributed by atoms with Crippen LogP contribution in [0.5, 0.6) is 0 Å². The van der Waals surface area contributed by atoms with Gasteiger partial charge in [-0.25, -0.2) is 19.1 Å². The molecule has 1 aromatic rings. The summed E-state index contributed by atoms with van der Waals surface area (Å²) >= 11 is 3.86. The molecular weight excluding hydrogens is 464 g/mol. The Kier molecular flexibility index (Phi) is 15.3. The van der Waals surface area contributed by atoms with Crippen molar-refractivity contribution in [3.8, 4) is 0 Å². The minimum absolute atomic E-state index is 0.118. The van der Waals surface area contributed by atoms with Gasteiger partial charge in [0.05, 0.1) is 18.9 Å². The van der Waals surface area contributed by atoms with Crippen molar-refractivity contribution >= 4 is 35.7 Å². The Hall–Kier alpha value is -1.43. The van der Waals surface area contributed by atoms with E-state index >= 15 is 0 Å². The van der Waals surface area contributed by atoms with Crippen LogP contribution in [0.4, 0.5) is 9.59 Å². The van der Waals surface area contributed by atoms with E-state index in [1.165, 1.54) is 10.9 Å². The minimum atomic E-state index is -0.535. The van der Waals surface area contributed by atoms with Crippen molar-refractivity contribution in [2.45, 2.75) is 46.8 Å². The second-order valence-corrected chi connectivity index (χ2v) is 10.9. The second-order valence-electron chi connectivity index (χ2n) is 8.10. The van der Waals surface area contributed by atoms with Crippen molar-refractivity contribution in [1.82, 2.24) is 19.8 Å². The third-order valence-electron chi connectivity index (χ3n) is 4.11. The Labute approximate surface area is 206 Å². The smallest absolute Gasteiger partial charge is 0.419 e. The summed E-state index contributed by atoms with van der Waals surface area (Å²) in [4.78, 5) is 30.5. The van der Waals surface area contributed by atoms with Crippen molar-refractivity contribution in [1.29, 1.82) is 0 Å². The number of rotatable bonds is 16. The van der Waals surface area contributed by atoms with Crippen LogP contribution in [-0.2, 0) is 20.8 Å². The molecule has 0 spiro atoms. The summed E-state index contributed by atoms with van der Waals surface area (Å²) in [7, 11) is 0. The minimum Gasteiger partial charge on any atom is -0.446 e. The lowest BCUT2D eigenvalue weighted by atomic mass is 10.2. The molecule has 0 saturated carbocycles. The molecule has 33 heavy (non-hydrogen) atoms. The number of thioether (sulfide) groups is 2. The van der Waals surface area contributed by atoms with Gasteiger partial charge < -0.3 is 19.5 Å². The first-order chi connectivity index (χ1) is 15.7. The highest BCUT2D eigenvalue weighted by molar-refractivity contribution is 7.99. The average Bonchev–Trinajstić information content (AvgIpc) is 3.20. The fourth-order valence-electron chi connectivity index (χ4n) is 2.62. The van der Waals surface area contributed by atoms with E-state index in [0.29, 0.717) is 19.7 Å². The summed E-state index contributed by atoms with van der Waals surface area (Å²) in [5.74, 6) is 4.40. The maximum absolute atomic E-state index is 12.2. The summed E-state index contributed by atoms with van der Waals surface area (Å²) in [6.07, 6.45) is 2.24. The molecule has 0 fully saturated rings. The lowest BCUT2D eigenvalue weighted by Gasteiger charge is -2.20. The molecular formula is C22H40N4O5S2. The lowest BCUT2D eigenvalue weighted by Crippen LogP contribution is -2.34. The Morgan fingerprint density at radius 2 is 1.76 bits per heavy atom. The number of aromatic nitrogens is 2. The molecule has 0 aliphatic heterocycles. The zero-order valence-electron chi connectivity index (χ0n) is 20.6. The molecule has 0 atom stereocenters. The van der Waals surface area contributed by atoms with E-state index in [0.717, 1.165) is 41.8 Å². The van der Waals surface area contributed by atoms with Gasteiger partial charge in [-0.15, -0.1) is 0 Å². The molecule has 0 saturated heterocycles. The zero-order valence-corrected chi connectivity index (χ0v) is 22.3. The number of nitrogens with zero attached hydrogens (tertiary/aromatic N) is 3. The van der Waals surface area contributed by atoms with Crippen molar-refractivity contribution < 1.29 is 23.8 Å². The maximum Gasteiger partial charge on any atom is 0.419 e. The van der Waals surface area contributed by atoms with Crippen LogP contribution in [-0.4, -0.2) is 94.7 Å². The molecule has 190 valence electrons. The van der Waals surface area contributed by atoms with Crippen molar-refractivity contribution in [2.24, 2.45) is 0 Å². The third-order valence-corrected chi connectivity index (χ3v) is 5.87. The molecule has 0 bridgehead atoms. The van der Waals surface area contributed by atoms with Gasteiger partial charge in [0.2, 0.25) is 0 Å². The average molecular weight is 505 g/mol. The Morgan fingerprint density at radius 1 is 1.09 bits per heavy atom. The van der Waals surface area contributed by atoms with E-state index < -0.39 is 17.8 Å². The standard InChI is InChI=1S/C22H40N4O5S2/c1-6-32-14-9-25(10-15-33-7-2)16-19-17-26(18-24-19)21(28)30-13-12-29-11-8-23-20(27)31-22(3,4)5/h17-18H,6-16H2,1-5H3,(H,23,27). The predicted octanol–water partition coefficient (Wildman–Crippen LogP) is 3.72. The molecule has 1 N–H and O–H groups in total. The molecule has 0 aliphatic rings. The van der Waals surface area contributed by atoms with Crippen LogP contribution < -0.4 is 5.32 Å². The van der Waals surface area contributed by atoms with Crippen LogP contribution in [0, 0.1) is 0 Å². The Morgan fingerprint density at radius 3 is 2.36 bits per heavy atom. The SMILES string of the molecule is CCSCCN(CCSCC)Cc1cn(C(=O)OCCOCCNC(=O)OC(C)(C)C)cn1. The third kappa shape index (κ3) is 15.2. The molecule has 0 unspecified atom stereocenters. The van der Waals surface area contributed by atoms with Gasteiger partial charge in [-0.3, -0.25) is 4.90 Å². The van der Waals surface area contributed by atoms with Gasteiger partial charge >= 0.3 is 12.2 Å². The van der Waals surface area contributed by atoms with Crippen LogP contribution in [0.15, 0.2) is 12.5 Å². The summed E-state index contributed by atoms with van der Waals surface area (Å²) in [6, 6.07) is 0. The number of hydrogen-bond donors (Lipinski definition) is 1. The molecule has 0 aliphatic carbocycles. The molecule has 0 radical (unpaired) electrons. The van der Waals surface area contributed by atoms with Crippen molar-refractivity contribution in [2.75, 3.05) is 62.5 Å². The van der Waals surface area contributed by atoms with E-state index in [1.807, 2.05) is 23.5 Å². The van der Waals surface area contributed by atoms with Gasteiger partial charge in [-0.05, 0) is 32.3 Å². The summed E-state index contributed by atoms with van der Waals surface area (Å²) in [5.41, 5.74) is 0.312. The summed E-state index contributed by atoms with van der Waals surface area (Å²) < 4.78 is 17.1. The number of carbonyl (C=O) groups excluding carboxylic acids is 2. The van der Waals surface area contributed by atoms with Gasteiger partial charge in [0.15, 0.2) is 0 Å². The highest BCUT2D eigenvalue weighted by atomic mass is 32.2. The molecule has 9 nitrogen and oxygen atoms in total. The molecule has 1 aromatic heterocycles. The molecule has 1 heterocycles. The van der Waals surface area contributed by atoms with Crippen molar-refractivity contribution in [3.63, 3.8) is 0 Å². The maximum atomic E-state index is 12.2. The number of nitrogens with one attached hydrogen (secondary N) is 1. The number of amides is 1. The van der Waals surface area contributed by atoms with Crippen LogP contribution >= 0.6 is 23.5 Å². The molecule has 11 heteroatoms. The van der Waals surface area contributed by atoms with Crippen LogP contribution in [0.3, 0.4) is 0 Å². The first kappa shape index (κ1) is 29.6. The quantitative estimate of drug-likeness (QED) is 0.338. The number of alkyl carbamates (subject to hydrolysis) is 1. The normalized spacial score (nSPS) is 11.6. The first-order valence-electron chi connectivity index (χ1n) is 11.4. The topological polar surface area (TPSA) is 94.9 Å².